The van der Waals surface area contributed by atoms with E-state index in [1.807, 2.05) is 0 Å². The van der Waals surface area contributed by atoms with Crippen LogP contribution in [-0.2, 0) is 4.79 Å². The molecule has 0 aliphatic heterocycles. The fourth-order valence-electron chi connectivity index (χ4n) is 1.68. The van der Waals surface area contributed by atoms with E-state index in [1.54, 1.807) is 0 Å². The molecule has 8 heteroatoms. The maximum atomic E-state index is 12.5. The van der Waals surface area contributed by atoms with Gasteiger partial charge in [0.2, 0.25) is 0 Å². The van der Waals surface area contributed by atoms with Gasteiger partial charge in [0.1, 0.15) is 0 Å². The number of benzene rings is 1. The van der Waals surface area contributed by atoms with Crippen LogP contribution in [0.1, 0.15) is 29.9 Å². The van der Waals surface area contributed by atoms with Crippen molar-refractivity contribution >= 4 is 5.97 Å². The van der Waals surface area contributed by atoms with E-state index in [2.05, 4.69) is 0 Å². The summed E-state index contributed by atoms with van der Waals surface area (Å²) in [7, 11) is 0. The Kier molecular flexibility index (Phi) is 4.36. The van der Waals surface area contributed by atoms with E-state index in [0.717, 1.165) is 12.1 Å². The monoisotopic (exact) mass is 300 g/mol. The van der Waals surface area contributed by atoms with Crippen molar-refractivity contribution in [3.63, 3.8) is 0 Å². The molecule has 0 aliphatic carbocycles. The molecule has 0 heterocycles. The van der Waals surface area contributed by atoms with Crippen LogP contribution in [0.15, 0.2) is 24.3 Å². The van der Waals surface area contributed by atoms with Crippen LogP contribution in [0.3, 0.4) is 0 Å². The number of alkyl halides is 6. The quantitative estimate of drug-likeness (QED) is 0.854. The van der Waals surface area contributed by atoms with Gasteiger partial charge in [-0.3, -0.25) is 4.79 Å². The normalized spacial score (nSPS) is 14.4. The lowest BCUT2D eigenvalue weighted by Gasteiger charge is -2.23. The molecular formula is C12H10F6O2. The van der Waals surface area contributed by atoms with Crippen LogP contribution in [0.25, 0.3) is 0 Å². The predicted molar refractivity (Wildman–Crippen MR) is 57.3 cm³/mol. The van der Waals surface area contributed by atoms with E-state index in [4.69, 9.17) is 5.11 Å². The Morgan fingerprint density at radius 2 is 1.30 bits per heavy atom. The number of carbonyl (C=O) groups is 1. The molecule has 0 bridgehead atoms. The molecule has 1 aromatic rings. The maximum Gasteiger partial charge on any atom is 0.404 e. The van der Waals surface area contributed by atoms with Gasteiger partial charge in [0.05, 0.1) is 5.92 Å². The van der Waals surface area contributed by atoms with Crippen molar-refractivity contribution in [2.75, 3.05) is 0 Å². The van der Waals surface area contributed by atoms with Gasteiger partial charge in [0, 0.05) is 0 Å². The predicted octanol–water partition coefficient (Wildman–Crippen LogP) is 4.08. The van der Waals surface area contributed by atoms with Crippen molar-refractivity contribution < 1.29 is 36.2 Å². The van der Waals surface area contributed by atoms with Gasteiger partial charge in [0.15, 0.2) is 5.92 Å². The molecule has 20 heavy (non-hydrogen) atoms. The van der Waals surface area contributed by atoms with Crippen LogP contribution in [0.4, 0.5) is 26.3 Å². The molecule has 0 saturated heterocycles. The van der Waals surface area contributed by atoms with Crippen LogP contribution in [0.5, 0.6) is 0 Å². The maximum absolute atomic E-state index is 12.5. The molecule has 1 unspecified atom stereocenters. The Bertz CT molecular complexity index is 460. The minimum atomic E-state index is -5.46. The summed E-state index contributed by atoms with van der Waals surface area (Å²) in [4.78, 5) is 10.7. The second kappa shape index (κ2) is 5.34. The summed E-state index contributed by atoms with van der Waals surface area (Å²) < 4.78 is 74.8. The number of rotatable bonds is 3. The minimum absolute atomic E-state index is 0.129. The molecule has 0 amide bonds. The summed E-state index contributed by atoms with van der Waals surface area (Å²) in [6.07, 6.45) is -10.9. The lowest BCUT2D eigenvalue weighted by atomic mass is 9.94. The first-order valence-corrected chi connectivity index (χ1v) is 5.40. The lowest BCUT2D eigenvalue weighted by molar-refractivity contribution is -0.253. The van der Waals surface area contributed by atoms with Crippen LogP contribution in [0, 0.1) is 0 Å². The first-order valence-electron chi connectivity index (χ1n) is 5.40. The van der Waals surface area contributed by atoms with Gasteiger partial charge >= 0.3 is 18.3 Å². The Hall–Kier alpha value is -1.73. The molecule has 2 nitrogen and oxygen atoms in total. The molecule has 1 N–H and O–H groups in total. The van der Waals surface area contributed by atoms with Gasteiger partial charge in [-0.05, 0) is 18.1 Å². The molecule has 1 atom stereocenters. The zero-order chi connectivity index (χ0) is 15.7. The number of halogens is 6. The molecule has 1 rings (SSSR count). The molecule has 0 spiro atoms. The van der Waals surface area contributed by atoms with E-state index in [-0.39, 0.29) is 5.56 Å². The average Bonchev–Trinajstić information content (AvgIpc) is 2.25. The first kappa shape index (κ1) is 16.3. The summed E-state index contributed by atoms with van der Waals surface area (Å²) in [6.45, 7) is 1.28. The van der Waals surface area contributed by atoms with Crippen molar-refractivity contribution in [2.45, 2.75) is 31.1 Å². The third-order valence-electron chi connectivity index (χ3n) is 2.79. The molecule has 112 valence electrons. The summed E-state index contributed by atoms with van der Waals surface area (Å²) >= 11 is 0. The fourth-order valence-corrected chi connectivity index (χ4v) is 1.68. The van der Waals surface area contributed by atoms with E-state index in [9.17, 15) is 31.1 Å². The summed E-state index contributed by atoms with van der Waals surface area (Å²) in [5.41, 5.74) is -0.837. The van der Waals surface area contributed by atoms with Gasteiger partial charge in [-0.25, -0.2) is 0 Å². The fraction of sp³-hybridized carbons (Fsp3) is 0.417. The minimum Gasteiger partial charge on any atom is -0.481 e. The molecular weight excluding hydrogens is 290 g/mol. The topological polar surface area (TPSA) is 37.3 Å². The Morgan fingerprint density at radius 1 is 0.950 bits per heavy atom. The zero-order valence-corrected chi connectivity index (χ0v) is 10.1. The van der Waals surface area contributed by atoms with Crippen molar-refractivity contribution in [3.8, 4) is 0 Å². The first-order chi connectivity index (χ1) is 8.94. The summed E-state index contributed by atoms with van der Waals surface area (Å²) in [5, 5.41) is 8.71. The van der Waals surface area contributed by atoms with E-state index in [1.165, 1.54) is 6.92 Å². The van der Waals surface area contributed by atoms with Gasteiger partial charge in [-0.2, -0.15) is 26.3 Å². The van der Waals surface area contributed by atoms with Crippen molar-refractivity contribution in [1.29, 1.82) is 0 Å². The lowest BCUT2D eigenvalue weighted by Crippen LogP contribution is -2.34. The van der Waals surface area contributed by atoms with E-state index < -0.39 is 35.7 Å². The van der Waals surface area contributed by atoms with Crippen molar-refractivity contribution in [3.05, 3.63) is 35.4 Å². The van der Waals surface area contributed by atoms with Crippen LogP contribution in [0.2, 0.25) is 0 Å². The average molecular weight is 300 g/mol. The highest BCUT2D eigenvalue weighted by atomic mass is 19.4. The zero-order valence-electron chi connectivity index (χ0n) is 10.1. The molecule has 0 saturated carbocycles. The molecule has 0 fully saturated rings. The number of hydrogen-bond acceptors (Lipinski definition) is 1. The number of hydrogen-bond donors (Lipinski definition) is 1. The van der Waals surface area contributed by atoms with Crippen LogP contribution >= 0.6 is 0 Å². The Morgan fingerprint density at radius 3 is 1.60 bits per heavy atom. The van der Waals surface area contributed by atoms with Gasteiger partial charge in [0.25, 0.3) is 0 Å². The summed E-state index contributed by atoms with van der Waals surface area (Å²) in [6, 6.07) is 3.22. The molecule has 0 aromatic heterocycles. The summed E-state index contributed by atoms with van der Waals surface area (Å²) in [5.74, 6) is -5.82. The SMILES string of the molecule is CC(C(=O)O)c1ccc(C(C(F)(F)F)C(F)(F)F)cc1. The van der Waals surface area contributed by atoms with E-state index in [0.29, 0.717) is 12.1 Å². The van der Waals surface area contributed by atoms with Crippen LogP contribution < -0.4 is 0 Å². The molecule has 0 radical (unpaired) electrons. The molecule has 0 aliphatic rings. The van der Waals surface area contributed by atoms with Crippen molar-refractivity contribution in [2.24, 2.45) is 0 Å². The Balaban J connectivity index is 3.16. The number of carboxylic acid groups (broad SMARTS) is 1. The number of carboxylic acids is 1. The second-order valence-corrected chi connectivity index (χ2v) is 4.24. The van der Waals surface area contributed by atoms with Crippen LogP contribution in [-0.4, -0.2) is 23.4 Å². The Labute approximate surface area is 110 Å². The number of aliphatic carboxylic acids is 1. The largest absolute Gasteiger partial charge is 0.481 e. The van der Waals surface area contributed by atoms with Gasteiger partial charge in [-0.1, -0.05) is 24.3 Å². The standard InChI is InChI=1S/C12H10F6O2/c1-6(10(19)20)7-2-4-8(5-3-7)9(11(13,14)15)12(16,17)18/h2-6,9H,1H3,(H,19,20). The third-order valence-corrected chi connectivity index (χ3v) is 2.79. The molecule has 1 aromatic carbocycles. The van der Waals surface area contributed by atoms with Crippen molar-refractivity contribution in [1.82, 2.24) is 0 Å². The third kappa shape index (κ3) is 3.64. The highest BCUT2D eigenvalue weighted by Gasteiger charge is 2.57. The van der Waals surface area contributed by atoms with Gasteiger partial charge in [-0.15, -0.1) is 0 Å². The van der Waals surface area contributed by atoms with Gasteiger partial charge < -0.3 is 5.11 Å². The second-order valence-electron chi connectivity index (χ2n) is 4.24. The highest BCUT2D eigenvalue weighted by molar-refractivity contribution is 5.75. The van der Waals surface area contributed by atoms with E-state index >= 15 is 0 Å². The smallest absolute Gasteiger partial charge is 0.404 e. The highest BCUT2D eigenvalue weighted by Crippen LogP contribution is 2.46.